The predicted octanol–water partition coefficient (Wildman–Crippen LogP) is 3.77. The lowest BCUT2D eigenvalue weighted by molar-refractivity contribution is -0.117. The lowest BCUT2D eigenvalue weighted by atomic mass is 10.0. The van der Waals surface area contributed by atoms with Gasteiger partial charge in [-0.05, 0) is 48.9 Å². The zero-order chi connectivity index (χ0) is 22.8. The van der Waals surface area contributed by atoms with Gasteiger partial charge in [-0.15, -0.1) is 22.6 Å². The highest BCUT2D eigenvalue weighted by atomic mass is 35.5. The number of nitrogens with two attached hydrogens (primary N) is 1. The van der Waals surface area contributed by atoms with Crippen LogP contribution in [-0.2, 0) is 4.79 Å². The molecule has 0 unspecified atom stereocenters. The second-order valence-electron chi connectivity index (χ2n) is 6.97. The number of amides is 2. The van der Waals surface area contributed by atoms with Gasteiger partial charge in [0, 0.05) is 33.2 Å². The van der Waals surface area contributed by atoms with E-state index in [1.807, 2.05) is 6.92 Å². The van der Waals surface area contributed by atoms with Crippen molar-refractivity contribution < 1.29 is 18.4 Å². The third kappa shape index (κ3) is 5.29. The van der Waals surface area contributed by atoms with Crippen LogP contribution in [0.5, 0.6) is 0 Å². The van der Waals surface area contributed by atoms with Crippen LogP contribution in [-0.4, -0.2) is 33.0 Å². The summed E-state index contributed by atoms with van der Waals surface area (Å²) in [5.74, 6) is -1.88. The SMILES string of the molecule is Cc1ccc(C(=O)NCC(N)=O)cc1-c1nnc2ccc(Sc3ccc(F)cc3F)cn12.Cl. The minimum Gasteiger partial charge on any atom is -0.368 e. The highest BCUT2D eigenvalue weighted by molar-refractivity contribution is 7.99. The number of carbonyl (C=O) groups is 2. The third-order valence-electron chi connectivity index (χ3n) is 4.66. The standard InChI is InChI=1S/C22H17F2N5O2S.ClH/c1-12-2-3-13(22(31)26-10-19(25)30)8-16(12)21-28-27-20-7-5-15(11-29(20)21)32-18-6-4-14(23)9-17(18)24;/h2-9,11H,10H2,1H3,(H2,25,30)(H,26,31);1H. The molecule has 33 heavy (non-hydrogen) atoms. The first-order valence-electron chi connectivity index (χ1n) is 9.47. The number of hydrogen-bond acceptors (Lipinski definition) is 5. The number of nitrogens with zero attached hydrogens (tertiary/aromatic N) is 3. The van der Waals surface area contributed by atoms with Gasteiger partial charge in [0.1, 0.15) is 11.6 Å². The Kier molecular flexibility index (Phi) is 7.29. The van der Waals surface area contributed by atoms with Crippen molar-refractivity contribution in [2.75, 3.05) is 6.54 Å². The maximum Gasteiger partial charge on any atom is 0.251 e. The van der Waals surface area contributed by atoms with E-state index >= 15 is 0 Å². The summed E-state index contributed by atoms with van der Waals surface area (Å²) in [7, 11) is 0. The van der Waals surface area contributed by atoms with Crippen molar-refractivity contribution in [3.63, 3.8) is 0 Å². The van der Waals surface area contributed by atoms with E-state index < -0.39 is 23.4 Å². The highest BCUT2D eigenvalue weighted by Gasteiger charge is 2.15. The molecule has 0 aliphatic rings. The van der Waals surface area contributed by atoms with Crippen LogP contribution in [0.4, 0.5) is 8.78 Å². The summed E-state index contributed by atoms with van der Waals surface area (Å²) >= 11 is 1.14. The second kappa shape index (κ2) is 9.97. The quantitative estimate of drug-likeness (QED) is 0.429. The average molecular weight is 490 g/mol. The number of pyridine rings is 1. The van der Waals surface area contributed by atoms with Gasteiger partial charge in [0.25, 0.3) is 5.91 Å². The molecule has 0 atom stereocenters. The average Bonchev–Trinajstić information content (AvgIpc) is 3.17. The number of halogens is 3. The van der Waals surface area contributed by atoms with E-state index in [0.717, 1.165) is 23.4 Å². The molecule has 0 bridgehead atoms. The molecule has 2 heterocycles. The summed E-state index contributed by atoms with van der Waals surface area (Å²) in [5, 5.41) is 10.9. The van der Waals surface area contributed by atoms with Crippen LogP contribution in [0.15, 0.2) is 64.5 Å². The van der Waals surface area contributed by atoms with E-state index in [0.29, 0.717) is 27.5 Å². The molecule has 0 fully saturated rings. The van der Waals surface area contributed by atoms with Crippen LogP contribution in [0.1, 0.15) is 15.9 Å². The Morgan fingerprint density at radius 2 is 1.88 bits per heavy atom. The van der Waals surface area contributed by atoms with Crippen molar-refractivity contribution in [2.24, 2.45) is 5.73 Å². The van der Waals surface area contributed by atoms with Gasteiger partial charge in [0.2, 0.25) is 5.91 Å². The van der Waals surface area contributed by atoms with Gasteiger partial charge in [0.05, 0.1) is 6.54 Å². The van der Waals surface area contributed by atoms with Crippen LogP contribution < -0.4 is 11.1 Å². The Hall–Kier alpha value is -3.50. The van der Waals surface area contributed by atoms with Gasteiger partial charge in [0.15, 0.2) is 11.5 Å². The molecule has 11 heteroatoms. The number of fused-ring (bicyclic) bond motifs is 1. The van der Waals surface area contributed by atoms with E-state index in [9.17, 15) is 18.4 Å². The van der Waals surface area contributed by atoms with Crippen LogP contribution in [0.25, 0.3) is 17.0 Å². The van der Waals surface area contributed by atoms with E-state index in [2.05, 4.69) is 15.5 Å². The largest absolute Gasteiger partial charge is 0.368 e. The summed E-state index contributed by atoms with van der Waals surface area (Å²) < 4.78 is 29.0. The van der Waals surface area contributed by atoms with Gasteiger partial charge in [-0.3, -0.25) is 14.0 Å². The molecule has 0 saturated carbocycles. The minimum atomic E-state index is -0.649. The molecular weight excluding hydrogens is 472 g/mol. The third-order valence-corrected chi connectivity index (χ3v) is 5.69. The summed E-state index contributed by atoms with van der Waals surface area (Å²) in [6, 6.07) is 12.0. The van der Waals surface area contributed by atoms with Crippen LogP contribution in [0.3, 0.4) is 0 Å². The summed E-state index contributed by atoms with van der Waals surface area (Å²) in [6.07, 6.45) is 1.75. The zero-order valence-electron chi connectivity index (χ0n) is 17.2. The Morgan fingerprint density at radius 3 is 2.61 bits per heavy atom. The van der Waals surface area contributed by atoms with E-state index in [4.69, 9.17) is 5.73 Å². The molecule has 0 spiro atoms. The van der Waals surface area contributed by atoms with Gasteiger partial charge >= 0.3 is 0 Å². The number of primary amides is 1. The number of carbonyl (C=O) groups excluding carboxylic acids is 2. The Balaban J connectivity index is 0.00000306. The lowest BCUT2D eigenvalue weighted by Crippen LogP contribution is -2.33. The highest BCUT2D eigenvalue weighted by Crippen LogP contribution is 2.32. The zero-order valence-corrected chi connectivity index (χ0v) is 18.8. The van der Waals surface area contributed by atoms with Crippen molar-refractivity contribution in [1.82, 2.24) is 19.9 Å². The van der Waals surface area contributed by atoms with Crippen molar-refractivity contribution in [1.29, 1.82) is 0 Å². The van der Waals surface area contributed by atoms with Crippen molar-refractivity contribution in [3.8, 4) is 11.4 Å². The summed E-state index contributed by atoms with van der Waals surface area (Å²) in [5.41, 5.74) is 7.50. The molecule has 4 rings (SSSR count). The van der Waals surface area contributed by atoms with E-state index in [1.54, 1.807) is 40.9 Å². The molecule has 2 amide bonds. The predicted molar refractivity (Wildman–Crippen MR) is 122 cm³/mol. The molecule has 0 radical (unpaired) electrons. The Bertz CT molecular complexity index is 1360. The van der Waals surface area contributed by atoms with Gasteiger partial charge in [-0.2, -0.15) is 0 Å². The maximum atomic E-state index is 14.1. The summed E-state index contributed by atoms with van der Waals surface area (Å²) in [6.45, 7) is 1.60. The van der Waals surface area contributed by atoms with Gasteiger partial charge < -0.3 is 11.1 Å². The molecule has 7 nitrogen and oxygen atoms in total. The molecule has 0 aliphatic heterocycles. The molecule has 4 aromatic rings. The first-order valence-corrected chi connectivity index (χ1v) is 10.3. The van der Waals surface area contributed by atoms with Crippen LogP contribution in [0.2, 0.25) is 0 Å². The number of aromatic nitrogens is 3. The molecule has 3 N–H and O–H groups in total. The minimum absolute atomic E-state index is 0. The number of hydrogen-bond donors (Lipinski definition) is 2. The first-order chi connectivity index (χ1) is 15.3. The fourth-order valence-electron chi connectivity index (χ4n) is 3.07. The van der Waals surface area contributed by atoms with E-state index in [-0.39, 0.29) is 23.8 Å². The number of aryl methyl sites for hydroxylation is 1. The molecule has 0 aliphatic carbocycles. The molecular formula is C22H18ClF2N5O2S. The van der Waals surface area contributed by atoms with Crippen molar-refractivity contribution in [3.05, 3.63) is 77.5 Å². The van der Waals surface area contributed by atoms with Crippen molar-refractivity contribution in [2.45, 2.75) is 16.7 Å². The Labute approximate surface area is 197 Å². The van der Waals surface area contributed by atoms with E-state index in [1.165, 1.54) is 12.1 Å². The second-order valence-corrected chi connectivity index (χ2v) is 8.09. The first kappa shape index (κ1) is 24.1. The molecule has 0 saturated heterocycles. The molecule has 2 aromatic carbocycles. The molecule has 170 valence electrons. The normalized spacial score (nSPS) is 10.6. The number of nitrogens with one attached hydrogen (secondary N) is 1. The smallest absolute Gasteiger partial charge is 0.251 e. The van der Waals surface area contributed by atoms with Crippen LogP contribution in [0, 0.1) is 18.6 Å². The van der Waals surface area contributed by atoms with Crippen LogP contribution >= 0.6 is 24.2 Å². The monoisotopic (exact) mass is 489 g/mol. The topological polar surface area (TPSA) is 102 Å². The Morgan fingerprint density at radius 1 is 1.09 bits per heavy atom. The summed E-state index contributed by atoms with van der Waals surface area (Å²) in [4.78, 5) is 24.2. The number of rotatable bonds is 6. The van der Waals surface area contributed by atoms with Crippen molar-refractivity contribution >= 4 is 41.6 Å². The maximum absolute atomic E-state index is 14.1. The fraction of sp³-hybridized carbons (Fsp3) is 0.0909. The van der Waals surface area contributed by atoms with Gasteiger partial charge in [-0.1, -0.05) is 17.8 Å². The van der Waals surface area contributed by atoms with Gasteiger partial charge in [-0.25, -0.2) is 8.78 Å². The fourth-order valence-corrected chi connectivity index (χ4v) is 3.91. The number of benzene rings is 2. The molecule has 2 aromatic heterocycles. The lowest BCUT2D eigenvalue weighted by Gasteiger charge is -2.09.